The zero-order valence-electron chi connectivity index (χ0n) is 9.05. The Hall–Kier alpha value is -0.180. The van der Waals surface area contributed by atoms with E-state index < -0.39 is 19.9 Å². The van der Waals surface area contributed by atoms with Crippen LogP contribution in [-0.4, -0.2) is 46.7 Å². The van der Waals surface area contributed by atoms with Gasteiger partial charge in [-0.05, 0) is 25.8 Å². The van der Waals surface area contributed by atoms with Gasteiger partial charge >= 0.3 is 0 Å². The summed E-state index contributed by atoms with van der Waals surface area (Å²) in [7, 11) is -6.25. The molecule has 1 rings (SSSR count). The van der Waals surface area contributed by atoms with Gasteiger partial charge in [0.1, 0.15) is 9.84 Å². The van der Waals surface area contributed by atoms with Crippen LogP contribution in [0.1, 0.15) is 19.3 Å². The van der Waals surface area contributed by atoms with Crippen LogP contribution in [0.25, 0.3) is 0 Å². The van der Waals surface area contributed by atoms with E-state index in [0.29, 0.717) is 25.8 Å². The molecule has 1 fully saturated rings. The minimum atomic E-state index is -3.31. The molecule has 3 N–H and O–H groups in total. The lowest BCUT2D eigenvalue weighted by Gasteiger charge is -2.22. The largest absolute Gasteiger partial charge is 0.330 e. The first-order valence-corrected chi connectivity index (χ1v) is 8.72. The summed E-state index contributed by atoms with van der Waals surface area (Å²) < 4.78 is 47.8. The van der Waals surface area contributed by atoms with E-state index in [-0.39, 0.29) is 23.3 Å². The van der Waals surface area contributed by atoms with Gasteiger partial charge < -0.3 is 5.73 Å². The molecule has 1 heterocycles. The Morgan fingerprint density at radius 1 is 1.25 bits per heavy atom. The van der Waals surface area contributed by atoms with E-state index in [2.05, 4.69) is 4.72 Å². The lowest BCUT2D eigenvalue weighted by molar-refractivity contribution is 0.504. The molecule has 0 aliphatic carbocycles. The van der Waals surface area contributed by atoms with Crippen LogP contribution in [0.4, 0.5) is 0 Å². The fourth-order valence-corrected chi connectivity index (χ4v) is 4.49. The Labute approximate surface area is 96.6 Å². The molecular weight excluding hydrogens is 252 g/mol. The van der Waals surface area contributed by atoms with Gasteiger partial charge in [0, 0.05) is 6.04 Å². The van der Waals surface area contributed by atoms with E-state index in [1.165, 1.54) is 0 Å². The van der Waals surface area contributed by atoms with Crippen molar-refractivity contribution in [3.63, 3.8) is 0 Å². The molecule has 0 aromatic heterocycles. The Kier molecular flexibility index (Phi) is 4.72. The minimum absolute atomic E-state index is 0.00670. The molecule has 0 bridgehead atoms. The Balaban J connectivity index is 2.44. The fourth-order valence-electron chi connectivity index (χ4n) is 1.59. The summed E-state index contributed by atoms with van der Waals surface area (Å²) in [5, 5.41) is 0. The molecule has 0 atom stereocenters. The SMILES string of the molecule is NCCCS(=O)(=O)NC1CCS(=O)(=O)CC1. The van der Waals surface area contributed by atoms with Crippen molar-refractivity contribution in [3.8, 4) is 0 Å². The molecular formula is C8H18N2O4S2. The Morgan fingerprint density at radius 3 is 2.31 bits per heavy atom. The second-order valence-corrected chi connectivity index (χ2v) is 8.18. The minimum Gasteiger partial charge on any atom is -0.330 e. The predicted octanol–water partition coefficient (Wildman–Crippen LogP) is -1.17. The molecule has 8 heteroatoms. The normalized spacial score (nSPS) is 22.1. The summed E-state index contributed by atoms with van der Waals surface area (Å²) in [6.07, 6.45) is 1.15. The van der Waals surface area contributed by atoms with Gasteiger partial charge in [0.25, 0.3) is 0 Å². The molecule has 0 radical (unpaired) electrons. The van der Waals surface area contributed by atoms with Gasteiger partial charge in [0.05, 0.1) is 17.3 Å². The molecule has 0 aromatic rings. The first kappa shape index (κ1) is 13.9. The van der Waals surface area contributed by atoms with Crippen molar-refractivity contribution in [2.24, 2.45) is 5.73 Å². The van der Waals surface area contributed by atoms with Gasteiger partial charge in [0.15, 0.2) is 0 Å². The van der Waals surface area contributed by atoms with Crippen molar-refractivity contribution in [1.29, 1.82) is 0 Å². The molecule has 1 saturated heterocycles. The van der Waals surface area contributed by atoms with Gasteiger partial charge in [-0.2, -0.15) is 0 Å². The van der Waals surface area contributed by atoms with Gasteiger partial charge in [-0.15, -0.1) is 0 Å². The van der Waals surface area contributed by atoms with Crippen LogP contribution in [0, 0.1) is 0 Å². The quantitative estimate of drug-likeness (QED) is 0.655. The van der Waals surface area contributed by atoms with Crippen molar-refractivity contribution in [1.82, 2.24) is 4.72 Å². The van der Waals surface area contributed by atoms with E-state index in [4.69, 9.17) is 5.73 Å². The molecule has 0 spiro atoms. The topological polar surface area (TPSA) is 106 Å². The van der Waals surface area contributed by atoms with Crippen LogP contribution in [0.5, 0.6) is 0 Å². The number of hydrogen-bond acceptors (Lipinski definition) is 5. The van der Waals surface area contributed by atoms with Crippen molar-refractivity contribution in [2.45, 2.75) is 25.3 Å². The summed E-state index contributed by atoms with van der Waals surface area (Å²) >= 11 is 0. The third-order valence-electron chi connectivity index (χ3n) is 2.52. The Morgan fingerprint density at radius 2 is 1.81 bits per heavy atom. The number of rotatable bonds is 5. The monoisotopic (exact) mass is 270 g/mol. The smallest absolute Gasteiger partial charge is 0.211 e. The van der Waals surface area contributed by atoms with E-state index >= 15 is 0 Å². The Bertz CT molecular complexity index is 401. The number of sulfone groups is 1. The third-order valence-corrected chi connectivity index (χ3v) is 5.75. The molecule has 0 unspecified atom stereocenters. The summed E-state index contributed by atoms with van der Waals surface area (Å²) in [6, 6.07) is -0.244. The summed E-state index contributed by atoms with van der Waals surface area (Å²) in [5.74, 6) is 0.140. The van der Waals surface area contributed by atoms with Crippen LogP contribution in [0.3, 0.4) is 0 Å². The molecule has 0 aromatic carbocycles. The highest BCUT2D eigenvalue weighted by molar-refractivity contribution is 7.91. The van der Waals surface area contributed by atoms with Crippen LogP contribution >= 0.6 is 0 Å². The third kappa shape index (κ3) is 4.77. The molecule has 0 saturated carbocycles. The maximum absolute atomic E-state index is 11.5. The average molecular weight is 270 g/mol. The fraction of sp³-hybridized carbons (Fsp3) is 1.00. The van der Waals surface area contributed by atoms with E-state index in [1.807, 2.05) is 0 Å². The van der Waals surface area contributed by atoms with Gasteiger partial charge in [-0.1, -0.05) is 0 Å². The molecule has 96 valence electrons. The van der Waals surface area contributed by atoms with E-state index in [0.717, 1.165) is 0 Å². The lowest BCUT2D eigenvalue weighted by atomic mass is 10.2. The standard InChI is InChI=1S/C8H18N2O4S2/c9-4-1-5-16(13,14)10-8-2-6-15(11,12)7-3-8/h8,10H,1-7,9H2. The molecule has 0 amide bonds. The summed E-state index contributed by atoms with van der Waals surface area (Å²) in [6.45, 7) is 0.333. The highest BCUT2D eigenvalue weighted by Crippen LogP contribution is 2.13. The second kappa shape index (κ2) is 5.44. The molecule has 6 nitrogen and oxygen atoms in total. The van der Waals surface area contributed by atoms with Crippen molar-refractivity contribution >= 4 is 19.9 Å². The van der Waals surface area contributed by atoms with Crippen molar-refractivity contribution < 1.29 is 16.8 Å². The van der Waals surface area contributed by atoms with Crippen LogP contribution < -0.4 is 10.5 Å². The first-order valence-electron chi connectivity index (χ1n) is 5.25. The number of sulfonamides is 1. The summed E-state index contributed by atoms with van der Waals surface area (Å²) in [4.78, 5) is 0. The second-order valence-electron chi connectivity index (χ2n) is 4.01. The zero-order chi connectivity index (χ0) is 12.2. The molecule has 16 heavy (non-hydrogen) atoms. The maximum Gasteiger partial charge on any atom is 0.211 e. The summed E-state index contributed by atoms with van der Waals surface area (Å²) in [5.41, 5.74) is 5.23. The highest BCUT2D eigenvalue weighted by Gasteiger charge is 2.26. The van der Waals surface area contributed by atoms with Crippen LogP contribution in [0.2, 0.25) is 0 Å². The van der Waals surface area contributed by atoms with Crippen molar-refractivity contribution in [3.05, 3.63) is 0 Å². The number of nitrogens with one attached hydrogen (secondary N) is 1. The van der Waals surface area contributed by atoms with Crippen LogP contribution in [-0.2, 0) is 19.9 Å². The van der Waals surface area contributed by atoms with Crippen molar-refractivity contribution in [2.75, 3.05) is 23.8 Å². The van der Waals surface area contributed by atoms with Gasteiger partial charge in [0.2, 0.25) is 10.0 Å². The maximum atomic E-state index is 11.5. The van der Waals surface area contributed by atoms with E-state index in [9.17, 15) is 16.8 Å². The van der Waals surface area contributed by atoms with E-state index in [1.54, 1.807) is 0 Å². The zero-order valence-corrected chi connectivity index (χ0v) is 10.7. The lowest BCUT2D eigenvalue weighted by Crippen LogP contribution is -2.41. The number of hydrogen-bond donors (Lipinski definition) is 2. The molecule has 1 aliphatic rings. The average Bonchev–Trinajstić information content (AvgIpc) is 2.18. The first-order chi connectivity index (χ1) is 7.35. The van der Waals surface area contributed by atoms with Crippen LogP contribution in [0.15, 0.2) is 0 Å². The van der Waals surface area contributed by atoms with Gasteiger partial charge in [-0.25, -0.2) is 21.6 Å². The number of nitrogens with two attached hydrogens (primary N) is 1. The highest BCUT2D eigenvalue weighted by atomic mass is 32.2. The predicted molar refractivity (Wildman–Crippen MR) is 62.3 cm³/mol. The van der Waals surface area contributed by atoms with Gasteiger partial charge in [-0.3, -0.25) is 0 Å². The molecule has 1 aliphatic heterocycles.